The summed E-state index contributed by atoms with van der Waals surface area (Å²) in [6.45, 7) is 4.08. The Labute approximate surface area is 216 Å². The number of likely N-dealkylation sites (tertiary alicyclic amines) is 1. The summed E-state index contributed by atoms with van der Waals surface area (Å²) in [5, 5.41) is 0.383. The molecule has 1 aliphatic rings. The van der Waals surface area contributed by atoms with Crippen LogP contribution < -0.4 is 5.56 Å². The SMILES string of the molecule is Cc1ccc(Cn2c(=O)c(SCC(=O)N3CCC(Cc4ccccc4)CC3)nc3ccccc32)cc1. The van der Waals surface area contributed by atoms with E-state index in [1.807, 2.05) is 35.2 Å². The summed E-state index contributed by atoms with van der Waals surface area (Å²) in [6.07, 6.45) is 3.10. The van der Waals surface area contributed by atoms with E-state index in [1.54, 1.807) is 4.57 Å². The van der Waals surface area contributed by atoms with Gasteiger partial charge in [0.1, 0.15) is 0 Å². The Balaban J connectivity index is 1.25. The van der Waals surface area contributed by atoms with Crippen LogP contribution in [-0.2, 0) is 17.8 Å². The molecule has 0 N–H and O–H groups in total. The number of piperidine rings is 1. The molecule has 0 unspecified atom stereocenters. The molecule has 3 aromatic carbocycles. The quantitative estimate of drug-likeness (QED) is 0.324. The molecule has 1 aromatic heterocycles. The molecule has 1 saturated heterocycles. The molecule has 4 aromatic rings. The van der Waals surface area contributed by atoms with E-state index in [0.717, 1.165) is 48.9 Å². The van der Waals surface area contributed by atoms with Gasteiger partial charge in [0.2, 0.25) is 5.91 Å². The summed E-state index contributed by atoms with van der Waals surface area (Å²) >= 11 is 1.26. The molecule has 184 valence electrons. The number of benzene rings is 3. The van der Waals surface area contributed by atoms with Gasteiger partial charge in [-0.15, -0.1) is 0 Å². The van der Waals surface area contributed by atoms with E-state index in [2.05, 4.69) is 60.4 Å². The number of para-hydroxylation sites is 2. The van der Waals surface area contributed by atoms with Gasteiger partial charge < -0.3 is 4.90 Å². The van der Waals surface area contributed by atoms with E-state index >= 15 is 0 Å². The van der Waals surface area contributed by atoms with Crippen molar-refractivity contribution in [2.75, 3.05) is 18.8 Å². The third-order valence-electron chi connectivity index (χ3n) is 6.95. The number of carbonyl (C=O) groups excluding carboxylic acids is 1. The Morgan fingerprint density at radius 1 is 0.917 bits per heavy atom. The van der Waals surface area contributed by atoms with Gasteiger partial charge in [0.25, 0.3) is 5.56 Å². The monoisotopic (exact) mass is 497 g/mol. The van der Waals surface area contributed by atoms with Crippen molar-refractivity contribution in [2.45, 2.75) is 37.8 Å². The lowest BCUT2D eigenvalue weighted by atomic mass is 9.90. The summed E-state index contributed by atoms with van der Waals surface area (Å²) in [6, 6.07) is 26.5. The summed E-state index contributed by atoms with van der Waals surface area (Å²) in [5.41, 5.74) is 5.03. The van der Waals surface area contributed by atoms with Crippen LogP contribution >= 0.6 is 11.8 Å². The van der Waals surface area contributed by atoms with Gasteiger partial charge >= 0.3 is 0 Å². The second-order valence-corrected chi connectivity index (χ2v) is 10.5. The Morgan fingerprint density at radius 2 is 1.61 bits per heavy atom. The van der Waals surface area contributed by atoms with E-state index in [1.165, 1.54) is 22.9 Å². The zero-order valence-corrected chi connectivity index (χ0v) is 21.4. The van der Waals surface area contributed by atoms with Gasteiger partial charge in [0.05, 0.1) is 23.3 Å². The number of fused-ring (bicyclic) bond motifs is 1. The van der Waals surface area contributed by atoms with E-state index in [4.69, 9.17) is 0 Å². The summed E-state index contributed by atoms with van der Waals surface area (Å²) in [4.78, 5) is 33.0. The Bertz CT molecular complexity index is 1390. The second kappa shape index (κ2) is 11.1. The highest BCUT2D eigenvalue weighted by molar-refractivity contribution is 7.99. The lowest BCUT2D eigenvalue weighted by molar-refractivity contribution is -0.129. The lowest BCUT2D eigenvalue weighted by Crippen LogP contribution is -2.40. The molecule has 0 radical (unpaired) electrons. The normalized spacial score (nSPS) is 14.3. The molecule has 0 bridgehead atoms. The fourth-order valence-corrected chi connectivity index (χ4v) is 5.69. The number of nitrogens with zero attached hydrogens (tertiary/aromatic N) is 3. The van der Waals surface area contributed by atoms with E-state index in [9.17, 15) is 9.59 Å². The number of aryl methyl sites for hydroxylation is 1. The number of amides is 1. The number of hydrogen-bond donors (Lipinski definition) is 0. The molecule has 6 heteroatoms. The van der Waals surface area contributed by atoms with Crippen LogP contribution in [-0.4, -0.2) is 39.2 Å². The number of thioether (sulfide) groups is 1. The highest BCUT2D eigenvalue weighted by Crippen LogP contribution is 2.23. The van der Waals surface area contributed by atoms with Crippen molar-refractivity contribution in [3.63, 3.8) is 0 Å². The first-order chi connectivity index (χ1) is 17.6. The minimum Gasteiger partial charge on any atom is -0.342 e. The summed E-state index contributed by atoms with van der Waals surface area (Å²) in [5.74, 6) is 0.923. The van der Waals surface area contributed by atoms with Crippen molar-refractivity contribution >= 4 is 28.7 Å². The van der Waals surface area contributed by atoms with Gasteiger partial charge in [-0.3, -0.25) is 14.2 Å². The minimum atomic E-state index is -0.145. The largest absolute Gasteiger partial charge is 0.342 e. The third-order valence-corrected chi connectivity index (χ3v) is 7.88. The standard InChI is InChI=1S/C30H31N3O2S/c1-22-11-13-25(14-12-22)20-33-27-10-6-5-9-26(27)31-29(30(33)35)36-21-28(34)32-17-15-24(16-18-32)19-23-7-3-2-4-8-23/h2-14,24H,15-21H2,1H3. The van der Waals surface area contributed by atoms with Crippen molar-refractivity contribution in [1.82, 2.24) is 14.5 Å². The van der Waals surface area contributed by atoms with Gasteiger partial charge in [-0.05, 0) is 55.4 Å². The topological polar surface area (TPSA) is 55.2 Å². The predicted molar refractivity (Wildman–Crippen MR) is 146 cm³/mol. The van der Waals surface area contributed by atoms with Crippen molar-refractivity contribution in [3.8, 4) is 0 Å². The smallest absolute Gasteiger partial charge is 0.283 e. The molecule has 0 aliphatic carbocycles. The molecule has 5 nitrogen and oxygen atoms in total. The molecule has 5 rings (SSSR count). The van der Waals surface area contributed by atoms with E-state index in [0.29, 0.717) is 17.5 Å². The van der Waals surface area contributed by atoms with E-state index in [-0.39, 0.29) is 17.2 Å². The van der Waals surface area contributed by atoms with E-state index < -0.39 is 0 Å². The van der Waals surface area contributed by atoms with Crippen LogP contribution in [0, 0.1) is 12.8 Å². The maximum Gasteiger partial charge on any atom is 0.283 e. The number of hydrogen-bond acceptors (Lipinski definition) is 4. The van der Waals surface area contributed by atoms with Crippen LogP contribution in [0.4, 0.5) is 0 Å². The van der Waals surface area contributed by atoms with Crippen molar-refractivity contribution < 1.29 is 4.79 Å². The van der Waals surface area contributed by atoms with Gasteiger partial charge in [-0.25, -0.2) is 4.98 Å². The van der Waals surface area contributed by atoms with Crippen LogP contribution in [0.3, 0.4) is 0 Å². The van der Waals surface area contributed by atoms with Gasteiger partial charge in [0, 0.05) is 13.1 Å². The summed E-state index contributed by atoms with van der Waals surface area (Å²) in [7, 11) is 0. The van der Waals surface area contributed by atoms with Crippen LogP contribution in [0.15, 0.2) is 88.7 Å². The molecule has 0 saturated carbocycles. The molecule has 2 heterocycles. The Hall–Kier alpha value is -3.38. The predicted octanol–water partition coefficient (Wildman–Crippen LogP) is 5.33. The minimum absolute atomic E-state index is 0.0811. The average molecular weight is 498 g/mol. The first-order valence-electron chi connectivity index (χ1n) is 12.6. The zero-order valence-electron chi connectivity index (χ0n) is 20.6. The highest BCUT2D eigenvalue weighted by Gasteiger charge is 2.23. The lowest BCUT2D eigenvalue weighted by Gasteiger charge is -2.32. The first-order valence-corrected chi connectivity index (χ1v) is 13.5. The fourth-order valence-electron chi connectivity index (χ4n) is 4.85. The highest BCUT2D eigenvalue weighted by atomic mass is 32.2. The zero-order chi connectivity index (χ0) is 24.9. The molecule has 1 fully saturated rings. The molecule has 0 atom stereocenters. The third kappa shape index (κ3) is 5.71. The second-order valence-electron chi connectivity index (χ2n) is 9.59. The number of rotatable bonds is 7. The Kier molecular flexibility index (Phi) is 7.52. The van der Waals surface area contributed by atoms with Gasteiger partial charge in [-0.1, -0.05) is 84.1 Å². The summed E-state index contributed by atoms with van der Waals surface area (Å²) < 4.78 is 1.77. The van der Waals surface area contributed by atoms with Gasteiger partial charge in [0.15, 0.2) is 5.03 Å². The molecule has 1 aliphatic heterocycles. The molecular formula is C30H31N3O2S. The number of carbonyl (C=O) groups is 1. The van der Waals surface area contributed by atoms with Crippen molar-refractivity contribution in [2.24, 2.45) is 5.92 Å². The molecule has 36 heavy (non-hydrogen) atoms. The van der Waals surface area contributed by atoms with Crippen LogP contribution in [0.25, 0.3) is 11.0 Å². The number of aromatic nitrogens is 2. The maximum absolute atomic E-state index is 13.4. The molecule has 0 spiro atoms. The Morgan fingerprint density at radius 3 is 2.36 bits per heavy atom. The first kappa shape index (κ1) is 24.3. The fraction of sp³-hybridized carbons (Fsp3) is 0.300. The van der Waals surface area contributed by atoms with Crippen LogP contribution in [0.1, 0.15) is 29.5 Å². The molecule has 1 amide bonds. The van der Waals surface area contributed by atoms with Crippen molar-refractivity contribution in [3.05, 3.63) is 106 Å². The van der Waals surface area contributed by atoms with Crippen LogP contribution in [0.2, 0.25) is 0 Å². The average Bonchev–Trinajstić information content (AvgIpc) is 2.91. The van der Waals surface area contributed by atoms with Crippen molar-refractivity contribution in [1.29, 1.82) is 0 Å². The van der Waals surface area contributed by atoms with Crippen LogP contribution in [0.5, 0.6) is 0 Å². The maximum atomic E-state index is 13.4. The molecular weight excluding hydrogens is 466 g/mol. The van der Waals surface area contributed by atoms with Gasteiger partial charge in [-0.2, -0.15) is 0 Å².